The zero-order chi connectivity index (χ0) is 14.7. The van der Waals surface area contributed by atoms with Crippen LogP contribution < -0.4 is 11.4 Å². The van der Waals surface area contributed by atoms with Crippen molar-refractivity contribution in [1.82, 2.24) is 9.55 Å². The minimum absolute atomic E-state index is 0.108. The van der Waals surface area contributed by atoms with Crippen LogP contribution in [0, 0.1) is 25.7 Å². The molecule has 2 N–H and O–H groups in total. The van der Waals surface area contributed by atoms with Crippen molar-refractivity contribution >= 4 is 0 Å². The van der Waals surface area contributed by atoms with Crippen LogP contribution >= 0.6 is 0 Å². The van der Waals surface area contributed by atoms with E-state index in [1.165, 1.54) is 19.3 Å². The minimum Gasteiger partial charge on any atom is -0.330 e. The molecule has 3 unspecified atom stereocenters. The average Bonchev–Trinajstić information content (AvgIpc) is 2.38. The molecule has 0 aromatic carbocycles. The molecule has 4 heteroatoms. The molecule has 3 atom stereocenters. The fourth-order valence-electron chi connectivity index (χ4n) is 3.72. The van der Waals surface area contributed by atoms with Crippen molar-refractivity contribution in [3.8, 4) is 0 Å². The highest BCUT2D eigenvalue weighted by atomic mass is 16.1. The number of aryl methyl sites for hydroxylation is 2. The Morgan fingerprint density at radius 2 is 2.15 bits per heavy atom. The summed E-state index contributed by atoms with van der Waals surface area (Å²) in [7, 11) is 0. The molecule has 1 aliphatic carbocycles. The van der Waals surface area contributed by atoms with Crippen molar-refractivity contribution in [2.75, 3.05) is 6.54 Å². The van der Waals surface area contributed by atoms with E-state index in [1.54, 1.807) is 0 Å². The molecule has 20 heavy (non-hydrogen) atoms. The van der Waals surface area contributed by atoms with Gasteiger partial charge in [-0.25, -0.2) is 4.79 Å². The predicted octanol–water partition coefficient (Wildman–Crippen LogP) is 2.58. The molecule has 1 saturated carbocycles. The van der Waals surface area contributed by atoms with Gasteiger partial charge < -0.3 is 5.73 Å². The molecular weight excluding hydrogens is 250 g/mol. The van der Waals surface area contributed by atoms with Gasteiger partial charge in [0.1, 0.15) is 0 Å². The molecule has 1 aliphatic rings. The van der Waals surface area contributed by atoms with Gasteiger partial charge in [0.25, 0.3) is 0 Å². The van der Waals surface area contributed by atoms with E-state index in [0.29, 0.717) is 12.5 Å². The van der Waals surface area contributed by atoms with E-state index in [9.17, 15) is 4.79 Å². The lowest BCUT2D eigenvalue weighted by molar-refractivity contribution is 0.174. The summed E-state index contributed by atoms with van der Waals surface area (Å²) >= 11 is 0. The van der Waals surface area contributed by atoms with Crippen LogP contribution in [0.1, 0.15) is 56.5 Å². The van der Waals surface area contributed by atoms with Gasteiger partial charge in [-0.05, 0) is 57.6 Å². The second-order valence-corrected chi connectivity index (χ2v) is 6.22. The van der Waals surface area contributed by atoms with Crippen LogP contribution in [0.5, 0.6) is 0 Å². The third-order valence-electron chi connectivity index (χ3n) is 4.67. The van der Waals surface area contributed by atoms with Gasteiger partial charge in [-0.1, -0.05) is 19.8 Å². The lowest BCUT2D eigenvalue weighted by Crippen LogP contribution is -2.39. The van der Waals surface area contributed by atoms with E-state index in [-0.39, 0.29) is 11.7 Å². The second-order valence-electron chi connectivity index (χ2n) is 6.22. The molecular formula is C16H27N3O. The molecule has 1 fully saturated rings. The van der Waals surface area contributed by atoms with Gasteiger partial charge in [0.15, 0.2) is 0 Å². The van der Waals surface area contributed by atoms with Gasteiger partial charge in [0.05, 0.1) is 0 Å². The number of nitrogens with two attached hydrogens (primary N) is 1. The molecule has 0 spiro atoms. The Kier molecular flexibility index (Phi) is 4.97. The molecule has 0 radical (unpaired) electrons. The van der Waals surface area contributed by atoms with E-state index in [0.717, 1.165) is 30.1 Å². The highest BCUT2D eigenvalue weighted by Gasteiger charge is 2.31. The zero-order valence-corrected chi connectivity index (χ0v) is 12.9. The maximum Gasteiger partial charge on any atom is 0.348 e. The number of aromatic nitrogens is 2. The summed E-state index contributed by atoms with van der Waals surface area (Å²) in [5.74, 6) is 1.13. The van der Waals surface area contributed by atoms with Gasteiger partial charge in [0.2, 0.25) is 0 Å². The standard InChI is InChI=1S/C16H27N3O/c1-4-5-13-6-7-14(10-17)15(9-13)19-12(3)8-11(2)18-16(19)20/h8,13-15H,4-7,9-10,17H2,1-3H3. The van der Waals surface area contributed by atoms with Crippen molar-refractivity contribution < 1.29 is 0 Å². The van der Waals surface area contributed by atoms with E-state index >= 15 is 0 Å². The topological polar surface area (TPSA) is 60.9 Å². The average molecular weight is 277 g/mol. The number of nitrogens with zero attached hydrogens (tertiary/aromatic N) is 2. The lowest BCUT2D eigenvalue weighted by Gasteiger charge is -2.37. The molecule has 0 aliphatic heterocycles. The molecule has 2 rings (SSSR count). The number of hydrogen-bond acceptors (Lipinski definition) is 3. The fourth-order valence-corrected chi connectivity index (χ4v) is 3.72. The lowest BCUT2D eigenvalue weighted by atomic mass is 9.76. The fraction of sp³-hybridized carbons (Fsp3) is 0.750. The zero-order valence-electron chi connectivity index (χ0n) is 12.9. The Morgan fingerprint density at radius 1 is 1.40 bits per heavy atom. The van der Waals surface area contributed by atoms with Crippen LogP contribution in [0.4, 0.5) is 0 Å². The Morgan fingerprint density at radius 3 is 2.75 bits per heavy atom. The SMILES string of the molecule is CCCC1CCC(CN)C(n2c(C)cc(C)nc2=O)C1. The van der Waals surface area contributed by atoms with Crippen LogP contribution in [-0.4, -0.2) is 16.1 Å². The quantitative estimate of drug-likeness (QED) is 0.920. The minimum atomic E-state index is -0.108. The van der Waals surface area contributed by atoms with E-state index in [1.807, 2.05) is 24.5 Å². The number of rotatable bonds is 4. The summed E-state index contributed by atoms with van der Waals surface area (Å²) in [6.07, 6.45) is 5.91. The third-order valence-corrected chi connectivity index (χ3v) is 4.67. The molecule has 0 saturated heterocycles. The summed E-state index contributed by atoms with van der Waals surface area (Å²) in [4.78, 5) is 16.4. The van der Waals surface area contributed by atoms with Gasteiger partial charge >= 0.3 is 5.69 Å². The second kappa shape index (κ2) is 6.53. The Balaban J connectivity index is 2.34. The van der Waals surface area contributed by atoms with Crippen molar-refractivity contribution in [3.63, 3.8) is 0 Å². The maximum absolute atomic E-state index is 12.3. The largest absolute Gasteiger partial charge is 0.348 e. The van der Waals surface area contributed by atoms with Crippen LogP contribution in [0.2, 0.25) is 0 Å². The monoisotopic (exact) mass is 277 g/mol. The van der Waals surface area contributed by atoms with Crippen LogP contribution in [0.3, 0.4) is 0 Å². The summed E-state index contributed by atoms with van der Waals surface area (Å²) in [5, 5.41) is 0. The summed E-state index contributed by atoms with van der Waals surface area (Å²) < 4.78 is 1.90. The van der Waals surface area contributed by atoms with Crippen molar-refractivity contribution in [3.05, 3.63) is 27.9 Å². The maximum atomic E-state index is 12.3. The first-order valence-electron chi connectivity index (χ1n) is 7.83. The summed E-state index contributed by atoms with van der Waals surface area (Å²) in [5.41, 5.74) is 7.65. The van der Waals surface area contributed by atoms with Gasteiger partial charge in [-0.15, -0.1) is 0 Å². The van der Waals surface area contributed by atoms with Crippen LogP contribution in [-0.2, 0) is 0 Å². The van der Waals surface area contributed by atoms with E-state index in [4.69, 9.17) is 5.73 Å². The van der Waals surface area contributed by atoms with Crippen molar-refractivity contribution in [2.45, 2.75) is 58.9 Å². The summed E-state index contributed by atoms with van der Waals surface area (Å²) in [6.45, 7) is 6.77. The van der Waals surface area contributed by atoms with Crippen molar-refractivity contribution in [2.24, 2.45) is 17.6 Å². The van der Waals surface area contributed by atoms with E-state index < -0.39 is 0 Å². The van der Waals surface area contributed by atoms with Gasteiger partial charge in [0, 0.05) is 17.4 Å². The molecule has 1 aromatic heterocycles. The third kappa shape index (κ3) is 3.11. The van der Waals surface area contributed by atoms with Gasteiger partial charge in [-0.3, -0.25) is 4.57 Å². The highest BCUT2D eigenvalue weighted by Crippen LogP contribution is 2.38. The van der Waals surface area contributed by atoms with Gasteiger partial charge in [-0.2, -0.15) is 4.98 Å². The molecule has 4 nitrogen and oxygen atoms in total. The number of hydrogen-bond donors (Lipinski definition) is 1. The van der Waals surface area contributed by atoms with Crippen LogP contribution in [0.25, 0.3) is 0 Å². The molecule has 0 bridgehead atoms. The Bertz CT molecular complexity index is 509. The predicted molar refractivity (Wildman–Crippen MR) is 81.8 cm³/mol. The smallest absolute Gasteiger partial charge is 0.330 e. The Labute approximate surface area is 121 Å². The first kappa shape index (κ1) is 15.2. The highest BCUT2D eigenvalue weighted by molar-refractivity contribution is 5.08. The summed E-state index contributed by atoms with van der Waals surface area (Å²) in [6, 6.07) is 2.23. The van der Waals surface area contributed by atoms with E-state index in [2.05, 4.69) is 11.9 Å². The first-order chi connectivity index (χ1) is 9.56. The Hall–Kier alpha value is -1.16. The first-order valence-corrected chi connectivity index (χ1v) is 7.83. The normalized spacial score (nSPS) is 26.7. The molecule has 112 valence electrons. The molecule has 1 aromatic rings. The van der Waals surface area contributed by atoms with Crippen LogP contribution in [0.15, 0.2) is 10.9 Å². The molecule has 1 heterocycles. The van der Waals surface area contributed by atoms with Crippen molar-refractivity contribution in [1.29, 1.82) is 0 Å². The molecule has 0 amide bonds.